The summed E-state index contributed by atoms with van der Waals surface area (Å²) in [5, 5.41) is 10.0. The Balaban J connectivity index is 1.88. The van der Waals surface area contributed by atoms with Gasteiger partial charge in [-0.3, -0.25) is 0 Å². The fourth-order valence-corrected chi connectivity index (χ4v) is 1.75. The standard InChI is InChI=1S/C11H13N7O/c1-6-3-7(18-19-6)4-13-9-8-10(15-5-14-8)17-11(12-2)16-9/h3,5H,4H2,1-2H3,(H3,12,13,14,15,16,17). The lowest BCUT2D eigenvalue weighted by molar-refractivity contribution is 0.391. The fraction of sp³-hybridized carbons (Fsp3) is 0.273. The van der Waals surface area contributed by atoms with Crippen molar-refractivity contribution < 1.29 is 4.52 Å². The summed E-state index contributed by atoms with van der Waals surface area (Å²) in [6.07, 6.45) is 1.59. The van der Waals surface area contributed by atoms with E-state index in [0.29, 0.717) is 24.0 Å². The van der Waals surface area contributed by atoms with Crippen LogP contribution in [-0.2, 0) is 6.54 Å². The molecule has 0 amide bonds. The SMILES string of the molecule is CNc1nc(NCc2cc(C)on2)c2[nH]cnc2n1. The first kappa shape index (κ1) is 11.5. The zero-order chi connectivity index (χ0) is 13.2. The molecule has 3 aromatic heterocycles. The maximum atomic E-state index is 5.02. The monoisotopic (exact) mass is 259 g/mol. The Labute approximate surface area is 108 Å². The fourth-order valence-electron chi connectivity index (χ4n) is 1.75. The lowest BCUT2D eigenvalue weighted by Crippen LogP contribution is -2.05. The molecular weight excluding hydrogens is 246 g/mol. The first-order chi connectivity index (χ1) is 9.26. The van der Waals surface area contributed by atoms with E-state index in [4.69, 9.17) is 4.52 Å². The molecule has 3 aromatic rings. The van der Waals surface area contributed by atoms with Gasteiger partial charge in [0.2, 0.25) is 5.95 Å². The van der Waals surface area contributed by atoms with Gasteiger partial charge in [-0.15, -0.1) is 0 Å². The molecule has 8 heteroatoms. The van der Waals surface area contributed by atoms with Crippen molar-refractivity contribution in [2.45, 2.75) is 13.5 Å². The Morgan fingerprint density at radius 3 is 3.00 bits per heavy atom. The van der Waals surface area contributed by atoms with Gasteiger partial charge < -0.3 is 20.1 Å². The molecule has 0 radical (unpaired) electrons. The van der Waals surface area contributed by atoms with Crippen molar-refractivity contribution in [2.75, 3.05) is 17.7 Å². The third-order valence-electron chi connectivity index (χ3n) is 2.62. The van der Waals surface area contributed by atoms with E-state index in [0.717, 1.165) is 17.0 Å². The molecule has 0 saturated carbocycles. The summed E-state index contributed by atoms with van der Waals surface area (Å²) >= 11 is 0. The minimum atomic E-state index is 0.512. The van der Waals surface area contributed by atoms with Gasteiger partial charge in [0.15, 0.2) is 11.5 Å². The predicted molar refractivity (Wildman–Crippen MR) is 69.8 cm³/mol. The van der Waals surface area contributed by atoms with Crippen molar-refractivity contribution in [3.8, 4) is 0 Å². The smallest absolute Gasteiger partial charge is 0.226 e. The summed E-state index contributed by atoms with van der Waals surface area (Å²) in [6.45, 7) is 2.37. The van der Waals surface area contributed by atoms with Gasteiger partial charge >= 0.3 is 0 Å². The first-order valence-corrected chi connectivity index (χ1v) is 5.81. The van der Waals surface area contributed by atoms with E-state index in [1.165, 1.54) is 0 Å². The highest BCUT2D eigenvalue weighted by atomic mass is 16.5. The Morgan fingerprint density at radius 2 is 2.26 bits per heavy atom. The van der Waals surface area contributed by atoms with Crippen molar-refractivity contribution in [2.24, 2.45) is 0 Å². The number of H-pyrrole nitrogens is 1. The number of nitrogens with one attached hydrogen (secondary N) is 3. The van der Waals surface area contributed by atoms with Crippen LogP contribution in [0.5, 0.6) is 0 Å². The quantitative estimate of drug-likeness (QED) is 0.648. The number of hydrogen-bond acceptors (Lipinski definition) is 7. The van der Waals surface area contributed by atoms with Gasteiger partial charge in [0.25, 0.3) is 0 Å². The van der Waals surface area contributed by atoms with E-state index >= 15 is 0 Å². The Hall–Kier alpha value is -2.64. The molecule has 0 unspecified atom stereocenters. The Morgan fingerprint density at radius 1 is 1.37 bits per heavy atom. The third-order valence-corrected chi connectivity index (χ3v) is 2.62. The summed E-state index contributed by atoms with van der Waals surface area (Å²) in [5.74, 6) is 1.97. The molecule has 19 heavy (non-hydrogen) atoms. The van der Waals surface area contributed by atoms with Crippen LogP contribution in [-0.4, -0.2) is 32.1 Å². The highest BCUT2D eigenvalue weighted by Gasteiger charge is 2.09. The average Bonchev–Trinajstić information content (AvgIpc) is 3.04. The van der Waals surface area contributed by atoms with Crippen LogP contribution >= 0.6 is 0 Å². The minimum Gasteiger partial charge on any atom is -0.362 e. The number of aryl methyl sites for hydroxylation is 1. The van der Waals surface area contributed by atoms with E-state index in [-0.39, 0.29) is 0 Å². The van der Waals surface area contributed by atoms with Crippen molar-refractivity contribution in [3.63, 3.8) is 0 Å². The zero-order valence-electron chi connectivity index (χ0n) is 10.6. The summed E-state index contributed by atoms with van der Waals surface area (Å²) in [4.78, 5) is 15.7. The van der Waals surface area contributed by atoms with Crippen LogP contribution in [0.1, 0.15) is 11.5 Å². The summed E-state index contributed by atoms with van der Waals surface area (Å²) in [5.41, 5.74) is 2.19. The molecule has 3 heterocycles. The number of rotatable bonds is 4. The van der Waals surface area contributed by atoms with Crippen molar-refractivity contribution in [1.82, 2.24) is 25.1 Å². The number of fused-ring (bicyclic) bond motifs is 1. The highest BCUT2D eigenvalue weighted by molar-refractivity contribution is 5.83. The largest absolute Gasteiger partial charge is 0.362 e. The molecule has 0 saturated heterocycles. The second-order valence-electron chi connectivity index (χ2n) is 4.03. The van der Waals surface area contributed by atoms with E-state index in [1.807, 2.05) is 13.0 Å². The molecule has 0 aliphatic carbocycles. The highest BCUT2D eigenvalue weighted by Crippen LogP contribution is 2.19. The Bertz CT molecular complexity index is 702. The van der Waals surface area contributed by atoms with Crippen molar-refractivity contribution >= 4 is 22.9 Å². The summed E-state index contributed by atoms with van der Waals surface area (Å²) in [6, 6.07) is 1.87. The van der Waals surface area contributed by atoms with Gasteiger partial charge in [0, 0.05) is 13.1 Å². The van der Waals surface area contributed by atoms with Gasteiger partial charge in [-0.2, -0.15) is 9.97 Å². The third kappa shape index (κ3) is 2.19. The number of anilines is 2. The van der Waals surface area contributed by atoms with Crippen molar-refractivity contribution in [1.29, 1.82) is 0 Å². The van der Waals surface area contributed by atoms with Crippen LogP contribution in [0, 0.1) is 6.92 Å². The first-order valence-electron chi connectivity index (χ1n) is 5.81. The summed E-state index contributed by atoms with van der Waals surface area (Å²) < 4.78 is 5.02. The van der Waals surface area contributed by atoms with Crippen LogP contribution in [0.4, 0.5) is 11.8 Å². The van der Waals surface area contributed by atoms with Gasteiger partial charge in [0.1, 0.15) is 17.0 Å². The Kier molecular flexibility index (Phi) is 2.75. The summed E-state index contributed by atoms with van der Waals surface area (Å²) in [7, 11) is 1.76. The predicted octanol–water partition coefficient (Wildman–Crippen LogP) is 1.30. The zero-order valence-corrected chi connectivity index (χ0v) is 10.6. The maximum absolute atomic E-state index is 5.02. The van der Waals surface area contributed by atoms with E-state index in [9.17, 15) is 0 Å². The number of nitrogens with zero attached hydrogens (tertiary/aromatic N) is 4. The molecule has 3 N–H and O–H groups in total. The normalized spacial score (nSPS) is 10.8. The molecule has 3 rings (SSSR count). The van der Waals surface area contributed by atoms with Gasteiger partial charge in [-0.1, -0.05) is 5.16 Å². The van der Waals surface area contributed by atoms with Crippen LogP contribution in [0.15, 0.2) is 16.9 Å². The van der Waals surface area contributed by atoms with Crippen LogP contribution < -0.4 is 10.6 Å². The molecule has 98 valence electrons. The topological polar surface area (TPSA) is 105 Å². The number of imidazole rings is 1. The molecule has 8 nitrogen and oxygen atoms in total. The minimum absolute atomic E-state index is 0.512. The van der Waals surface area contributed by atoms with Crippen molar-refractivity contribution in [3.05, 3.63) is 23.8 Å². The maximum Gasteiger partial charge on any atom is 0.226 e. The lowest BCUT2D eigenvalue weighted by Gasteiger charge is -2.06. The molecule has 0 atom stereocenters. The van der Waals surface area contributed by atoms with E-state index in [1.54, 1.807) is 13.4 Å². The number of hydrogen-bond donors (Lipinski definition) is 3. The molecule has 0 spiro atoms. The molecule has 0 fully saturated rings. The van der Waals surface area contributed by atoms with Gasteiger partial charge in [-0.25, -0.2) is 4.98 Å². The molecule has 0 aromatic carbocycles. The van der Waals surface area contributed by atoms with Crippen LogP contribution in [0.2, 0.25) is 0 Å². The molecule has 0 bridgehead atoms. The van der Waals surface area contributed by atoms with E-state index in [2.05, 4.69) is 35.7 Å². The van der Waals surface area contributed by atoms with Crippen LogP contribution in [0.25, 0.3) is 11.2 Å². The van der Waals surface area contributed by atoms with E-state index < -0.39 is 0 Å². The molecule has 0 aliphatic rings. The second-order valence-corrected chi connectivity index (χ2v) is 4.03. The second kappa shape index (κ2) is 4.56. The average molecular weight is 259 g/mol. The number of aromatic amines is 1. The molecular formula is C11H13N7O. The lowest BCUT2D eigenvalue weighted by atomic mass is 10.3. The van der Waals surface area contributed by atoms with Gasteiger partial charge in [0.05, 0.1) is 12.9 Å². The number of aromatic nitrogens is 5. The molecule has 0 aliphatic heterocycles. The van der Waals surface area contributed by atoms with Crippen LogP contribution in [0.3, 0.4) is 0 Å². The van der Waals surface area contributed by atoms with Gasteiger partial charge in [-0.05, 0) is 6.92 Å².